The van der Waals surface area contributed by atoms with Crippen molar-refractivity contribution in [2.24, 2.45) is 0 Å². The molecule has 1 N–H and O–H groups in total. The van der Waals surface area contributed by atoms with Crippen LogP contribution in [0.1, 0.15) is 62.1 Å². The summed E-state index contributed by atoms with van der Waals surface area (Å²) in [7, 11) is 0. The van der Waals surface area contributed by atoms with E-state index in [4.69, 9.17) is 16.3 Å². The van der Waals surface area contributed by atoms with E-state index in [2.05, 4.69) is 21.2 Å². The Labute approximate surface area is 216 Å². The molecule has 1 unspecified atom stereocenters. The molecule has 2 amide bonds. The second-order valence-electron chi connectivity index (χ2n) is 9.08. The van der Waals surface area contributed by atoms with Gasteiger partial charge in [0.05, 0.1) is 0 Å². The van der Waals surface area contributed by atoms with E-state index >= 15 is 0 Å². The van der Waals surface area contributed by atoms with Gasteiger partial charge in [-0.1, -0.05) is 65.8 Å². The normalized spacial score (nSPS) is 15.0. The smallest absolute Gasteiger partial charge is 0.261 e. The molecule has 0 spiro atoms. The zero-order valence-corrected chi connectivity index (χ0v) is 22.5. The molecule has 1 atom stereocenters. The molecule has 0 saturated heterocycles. The molecule has 34 heavy (non-hydrogen) atoms. The van der Waals surface area contributed by atoms with Gasteiger partial charge < -0.3 is 15.0 Å². The first-order chi connectivity index (χ1) is 16.3. The minimum Gasteiger partial charge on any atom is -0.484 e. The van der Waals surface area contributed by atoms with Crippen molar-refractivity contribution in [3.05, 3.63) is 62.6 Å². The van der Waals surface area contributed by atoms with Gasteiger partial charge in [0, 0.05) is 22.1 Å². The maximum Gasteiger partial charge on any atom is 0.261 e. The van der Waals surface area contributed by atoms with Crippen LogP contribution in [0.3, 0.4) is 0 Å². The molecule has 0 aromatic heterocycles. The number of hydrogen-bond acceptors (Lipinski definition) is 3. The second-order valence-corrected chi connectivity index (χ2v) is 10.3. The third kappa shape index (κ3) is 7.22. The highest BCUT2D eigenvalue weighted by Crippen LogP contribution is 2.26. The van der Waals surface area contributed by atoms with Crippen molar-refractivity contribution in [1.82, 2.24) is 10.2 Å². The van der Waals surface area contributed by atoms with Crippen LogP contribution in [-0.2, 0) is 16.1 Å². The topological polar surface area (TPSA) is 58.6 Å². The van der Waals surface area contributed by atoms with Crippen molar-refractivity contribution in [2.45, 2.75) is 77.9 Å². The first kappa shape index (κ1) is 26.6. The molecule has 2 aromatic rings. The zero-order chi connectivity index (χ0) is 24.7. The lowest BCUT2D eigenvalue weighted by molar-refractivity contribution is -0.143. The highest BCUT2D eigenvalue weighted by Gasteiger charge is 2.30. The fourth-order valence-corrected chi connectivity index (χ4v) is 4.82. The van der Waals surface area contributed by atoms with E-state index in [1.165, 1.54) is 6.42 Å². The Bertz CT molecular complexity index is 967. The standard InChI is InChI=1S/C27H34BrClN2O3/c1-4-24(27(33)30-22-8-6-5-7-9-22)31(16-20-10-12-21(29)13-11-20)25(32)17-34-23-14-18(2)26(28)19(3)15-23/h10-15,22,24H,4-9,16-17H2,1-3H3,(H,30,33). The van der Waals surface area contributed by atoms with Gasteiger partial charge in [-0.3, -0.25) is 9.59 Å². The first-order valence-electron chi connectivity index (χ1n) is 12.0. The Hall–Kier alpha value is -2.05. The number of rotatable bonds is 9. The number of hydrogen-bond donors (Lipinski definition) is 1. The van der Waals surface area contributed by atoms with Gasteiger partial charge >= 0.3 is 0 Å². The second kappa shape index (κ2) is 12.6. The summed E-state index contributed by atoms with van der Waals surface area (Å²) in [6.45, 7) is 6.09. The summed E-state index contributed by atoms with van der Waals surface area (Å²) in [5, 5.41) is 3.83. The van der Waals surface area contributed by atoms with Gasteiger partial charge in [0.1, 0.15) is 11.8 Å². The number of ether oxygens (including phenoxy) is 1. The molecule has 3 rings (SSSR count). The van der Waals surface area contributed by atoms with E-state index in [-0.39, 0.29) is 24.5 Å². The molecule has 1 saturated carbocycles. The molecule has 1 aliphatic rings. The molecule has 0 bridgehead atoms. The molecule has 5 nitrogen and oxygen atoms in total. The van der Waals surface area contributed by atoms with Crippen molar-refractivity contribution in [3.63, 3.8) is 0 Å². The number of aryl methyl sites for hydroxylation is 2. The molecule has 2 aromatic carbocycles. The lowest BCUT2D eigenvalue weighted by Gasteiger charge is -2.32. The summed E-state index contributed by atoms with van der Waals surface area (Å²) in [5.41, 5.74) is 2.99. The lowest BCUT2D eigenvalue weighted by atomic mass is 9.95. The summed E-state index contributed by atoms with van der Waals surface area (Å²) in [4.78, 5) is 28.3. The van der Waals surface area contributed by atoms with Crippen LogP contribution in [0.2, 0.25) is 5.02 Å². The van der Waals surface area contributed by atoms with Crippen LogP contribution in [-0.4, -0.2) is 35.4 Å². The van der Waals surface area contributed by atoms with Crippen LogP contribution < -0.4 is 10.1 Å². The lowest BCUT2D eigenvalue weighted by Crippen LogP contribution is -2.52. The first-order valence-corrected chi connectivity index (χ1v) is 13.2. The summed E-state index contributed by atoms with van der Waals surface area (Å²) < 4.78 is 6.91. The Morgan fingerprint density at radius 2 is 1.74 bits per heavy atom. The molecular weight excluding hydrogens is 516 g/mol. The van der Waals surface area contributed by atoms with Gasteiger partial charge in [-0.15, -0.1) is 0 Å². The third-order valence-corrected chi connectivity index (χ3v) is 7.88. The number of nitrogens with zero attached hydrogens (tertiary/aromatic N) is 1. The number of amides is 2. The predicted octanol–water partition coefficient (Wildman–Crippen LogP) is 6.35. The summed E-state index contributed by atoms with van der Waals surface area (Å²) in [5.74, 6) is 0.323. The van der Waals surface area contributed by atoms with Crippen LogP contribution in [0.5, 0.6) is 5.75 Å². The number of carbonyl (C=O) groups is 2. The maximum atomic E-state index is 13.4. The SMILES string of the molecule is CCC(C(=O)NC1CCCCC1)N(Cc1ccc(Cl)cc1)C(=O)COc1cc(C)c(Br)c(C)c1. The van der Waals surface area contributed by atoms with E-state index < -0.39 is 6.04 Å². The Kier molecular flexibility index (Phi) is 9.84. The molecular formula is C27H34BrClN2O3. The number of nitrogens with one attached hydrogen (secondary N) is 1. The van der Waals surface area contributed by atoms with Gasteiger partial charge in [-0.25, -0.2) is 0 Å². The van der Waals surface area contributed by atoms with Crippen molar-refractivity contribution in [1.29, 1.82) is 0 Å². The Morgan fingerprint density at radius 1 is 1.12 bits per heavy atom. The largest absolute Gasteiger partial charge is 0.484 e. The third-order valence-electron chi connectivity index (χ3n) is 6.38. The average Bonchev–Trinajstić information content (AvgIpc) is 2.82. The molecule has 7 heteroatoms. The minimum absolute atomic E-state index is 0.0907. The molecule has 1 fully saturated rings. The Morgan fingerprint density at radius 3 is 2.32 bits per heavy atom. The van der Waals surface area contributed by atoms with Crippen LogP contribution in [0.15, 0.2) is 40.9 Å². The van der Waals surface area contributed by atoms with E-state index in [9.17, 15) is 9.59 Å². The average molecular weight is 550 g/mol. The monoisotopic (exact) mass is 548 g/mol. The Balaban J connectivity index is 1.77. The van der Waals surface area contributed by atoms with Crippen molar-refractivity contribution >= 4 is 39.3 Å². The number of benzene rings is 2. The molecule has 0 aliphatic heterocycles. The van der Waals surface area contributed by atoms with Gasteiger partial charge in [-0.05, 0) is 74.1 Å². The van der Waals surface area contributed by atoms with Crippen molar-refractivity contribution in [2.75, 3.05) is 6.61 Å². The van der Waals surface area contributed by atoms with E-state index in [0.29, 0.717) is 23.7 Å². The minimum atomic E-state index is -0.568. The van der Waals surface area contributed by atoms with Crippen LogP contribution in [0.4, 0.5) is 0 Å². The van der Waals surface area contributed by atoms with E-state index in [0.717, 1.165) is 46.8 Å². The fourth-order valence-electron chi connectivity index (χ4n) is 4.47. The predicted molar refractivity (Wildman–Crippen MR) is 140 cm³/mol. The molecule has 0 heterocycles. The number of halogens is 2. The molecule has 0 radical (unpaired) electrons. The quantitative estimate of drug-likeness (QED) is 0.396. The van der Waals surface area contributed by atoms with Gasteiger partial charge in [-0.2, -0.15) is 0 Å². The molecule has 184 valence electrons. The molecule has 1 aliphatic carbocycles. The van der Waals surface area contributed by atoms with Gasteiger partial charge in [0.25, 0.3) is 5.91 Å². The summed E-state index contributed by atoms with van der Waals surface area (Å²) in [6.07, 6.45) is 6.01. The highest BCUT2D eigenvalue weighted by atomic mass is 79.9. The van der Waals surface area contributed by atoms with Crippen LogP contribution in [0.25, 0.3) is 0 Å². The number of carbonyl (C=O) groups excluding carboxylic acids is 2. The zero-order valence-electron chi connectivity index (χ0n) is 20.2. The fraction of sp³-hybridized carbons (Fsp3) is 0.481. The maximum absolute atomic E-state index is 13.4. The van der Waals surface area contributed by atoms with Crippen molar-refractivity contribution < 1.29 is 14.3 Å². The van der Waals surface area contributed by atoms with E-state index in [1.807, 2.05) is 45.0 Å². The van der Waals surface area contributed by atoms with Gasteiger partial charge in [0.15, 0.2) is 6.61 Å². The summed E-state index contributed by atoms with van der Waals surface area (Å²) in [6, 6.07) is 10.8. The highest BCUT2D eigenvalue weighted by molar-refractivity contribution is 9.10. The van der Waals surface area contributed by atoms with Crippen molar-refractivity contribution in [3.8, 4) is 5.75 Å². The van der Waals surface area contributed by atoms with E-state index in [1.54, 1.807) is 17.0 Å². The van der Waals surface area contributed by atoms with Crippen LogP contribution >= 0.6 is 27.5 Å². The summed E-state index contributed by atoms with van der Waals surface area (Å²) >= 11 is 9.60. The van der Waals surface area contributed by atoms with Gasteiger partial charge in [0.2, 0.25) is 5.91 Å². The van der Waals surface area contributed by atoms with Crippen LogP contribution in [0, 0.1) is 13.8 Å².